The Morgan fingerprint density at radius 1 is 1.23 bits per heavy atom. The Morgan fingerprint density at radius 2 is 2.09 bits per heavy atom. The minimum atomic E-state index is -0.228. The van der Waals surface area contributed by atoms with Crippen LogP contribution in [0.15, 0.2) is 28.2 Å². The van der Waals surface area contributed by atoms with Gasteiger partial charge in [0.05, 0.1) is 24.9 Å². The Bertz CT molecular complexity index is 661. The molecule has 1 aliphatic rings. The van der Waals surface area contributed by atoms with Gasteiger partial charge in [-0.2, -0.15) is 0 Å². The minimum absolute atomic E-state index is 0.0236. The highest BCUT2D eigenvalue weighted by Crippen LogP contribution is 2.29. The van der Waals surface area contributed by atoms with E-state index in [2.05, 4.69) is 10.6 Å². The molecule has 0 radical (unpaired) electrons. The Morgan fingerprint density at radius 3 is 2.91 bits per heavy atom. The second kappa shape index (κ2) is 6.79. The van der Waals surface area contributed by atoms with Gasteiger partial charge in [0.15, 0.2) is 0 Å². The van der Waals surface area contributed by atoms with Crippen molar-refractivity contribution in [3.05, 3.63) is 45.5 Å². The van der Waals surface area contributed by atoms with Crippen LogP contribution in [0, 0.1) is 0 Å². The number of hydrogen-bond donors (Lipinski definition) is 2. The molecule has 0 atom stereocenters. The highest BCUT2D eigenvalue weighted by Gasteiger charge is 2.20. The average Bonchev–Trinajstić information content (AvgIpc) is 3.19. The van der Waals surface area contributed by atoms with Crippen molar-refractivity contribution in [1.29, 1.82) is 0 Å². The number of hydrogen-bond acceptors (Lipinski definition) is 4. The normalized spacial score (nSPS) is 13.5. The summed E-state index contributed by atoms with van der Waals surface area (Å²) in [7, 11) is 0. The number of thiophene rings is 1. The largest absolute Gasteiger partial charge is 0.467 e. The van der Waals surface area contributed by atoms with Crippen LogP contribution in [0.5, 0.6) is 0 Å². The van der Waals surface area contributed by atoms with E-state index in [0.29, 0.717) is 12.3 Å². The summed E-state index contributed by atoms with van der Waals surface area (Å²) >= 11 is 1.65. The number of carbonyl (C=O) groups excluding carboxylic acids is 2. The molecule has 0 saturated carbocycles. The van der Waals surface area contributed by atoms with Gasteiger partial charge in [0.1, 0.15) is 5.76 Å². The lowest BCUT2D eigenvalue weighted by molar-refractivity contribution is -0.120. The number of nitrogens with one attached hydrogen (secondary N) is 2. The predicted octanol–water partition coefficient (Wildman–Crippen LogP) is 2.27. The summed E-state index contributed by atoms with van der Waals surface area (Å²) in [5, 5.41) is 7.30. The number of amides is 2. The summed E-state index contributed by atoms with van der Waals surface area (Å²) in [5.74, 6) is 0.299. The van der Waals surface area contributed by atoms with Crippen molar-refractivity contribution in [2.24, 2.45) is 0 Å². The number of fused-ring (bicyclic) bond motifs is 1. The number of rotatable bonds is 5. The van der Waals surface area contributed by atoms with Gasteiger partial charge in [-0.25, -0.2) is 0 Å². The van der Waals surface area contributed by atoms with Gasteiger partial charge in [-0.3, -0.25) is 9.59 Å². The van der Waals surface area contributed by atoms with Crippen molar-refractivity contribution in [3.63, 3.8) is 0 Å². The van der Waals surface area contributed by atoms with Gasteiger partial charge in [-0.05, 0) is 43.4 Å². The summed E-state index contributed by atoms with van der Waals surface area (Å²) in [6.45, 7) is 0.305. The van der Waals surface area contributed by atoms with E-state index in [-0.39, 0.29) is 18.4 Å². The Labute approximate surface area is 132 Å². The first-order valence-corrected chi connectivity index (χ1v) is 8.28. The van der Waals surface area contributed by atoms with E-state index in [4.69, 9.17) is 4.42 Å². The molecular formula is C16H18N2O3S. The molecule has 2 amide bonds. The van der Waals surface area contributed by atoms with Gasteiger partial charge in [0, 0.05) is 10.3 Å². The van der Waals surface area contributed by atoms with Crippen LogP contribution in [0.2, 0.25) is 0 Å². The molecule has 0 aliphatic heterocycles. The molecule has 0 aromatic carbocycles. The van der Waals surface area contributed by atoms with Crippen LogP contribution in [0.1, 0.15) is 39.4 Å². The first kappa shape index (κ1) is 14.8. The first-order valence-electron chi connectivity index (χ1n) is 7.40. The van der Waals surface area contributed by atoms with Crippen molar-refractivity contribution in [2.45, 2.75) is 32.2 Å². The topological polar surface area (TPSA) is 71.3 Å². The molecule has 2 aromatic heterocycles. The Kier molecular flexibility index (Phi) is 4.58. The van der Waals surface area contributed by atoms with Crippen molar-refractivity contribution >= 4 is 23.2 Å². The second-order valence-electron chi connectivity index (χ2n) is 5.30. The van der Waals surface area contributed by atoms with Crippen molar-refractivity contribution in [2.75, 3.05) is 6.54 Å². The zero-order valence-electron chi connectivity index (χ0n) is 12.2. The zero-order chi connectivity index (χ0) is 15.4. The number of aryl methyl sites for hydroxylation is 1. The third-order valence-electron chi connectivity index (χ3n) is 3.76. The summed E-state index contributed by atoms with van der Waals surface area (Å²) in [4.78, 5) is 25.3. The molecule has 5 nitrogen and oxygen atoms in total. The van der Waals surface area contributed by atoms with Gasteiger partial charge in [0.25, 0.3) is 5.91 Å². The lowest BCUT2D eigenvalue weighted by Gasteiger charge is -2.12. The van der Waals surface area contributed by atoms with Gasteiger partial charge in [0.2, 0.25) is 5.91 Å². The van der Waals surface area contributed by atoms with E-state index in [0.717, 1.165) is 24.8 Å². The molecule has 0 spiro atoms. The van der Waals surface area contributed by atoms with E-state index in [1.165, 1.54) is 16.9 Å². The molecule has 6 heteroatoms. The molecule has 1 aliphatic carbocycles. The Hall–Kier alpha value is -2.08. The van der Waals surface area contributed by atoms with Crippen LogP contribution in [-0.2, 0) is 24.2 Å². The van der Waals surface area contributed by atoms with Gasteiger partial charge in [-0.1, -0.05) is 0 Å². The average molecular weight is 318 g/mol. The van der Waals surface area contributed by atoms with Crippen LogP contribution in [-0.4, -0.2) is 18.4 Å². The van der Waals surface area contributed by atoms with Crippen LogP contribution in [0.4, 0.5) is 0 Å². The van der Waals surface area contributed by atoms with E-state index in [1.807, 2.05) is 5.38 Å². The molecular weight excluding hydrogens is 300 g/mol. The smallest absolute Gasteiger partial charge is 0.252 e. The maximum Gasteiger partial charge on any atom is 0.252 e. The molecule has 2 N–H and O–H groups in total. The molecule has 22 heavy (non-hydrogen) atoms. The van der Waals surface area contributed by atoms with E-state index < -0.39 is 0 Å². The van der Waals surface area contributed by atoms with E-state index in [1.54, 1.807) is 29.7 Å². The fraction of sp³-hybridized carbons (Fsp3) is 0.375. The molecule has 2 heterocycles. The predicted molar refractivity (Wildman–Crippen MR) is 83.8 cm³/mol. The van der Waals surface area contributed by atoms with Crippen LogP contribution in [0.3, 0.4) is 0 Å². The third kappa shape index (κ3) is 3.39. The van der Waals surface area contributed by atoms with Crippen molar-refractivity contribution < 1.29 is 14.0 Å². The SMILES string of the molecule is O=C(CNC(=O)c1csc2c1CCCC2)NCc1ccco1. The summed E-state index contributed by atoms with van der Waals surface area (Å²) in [6.07, 6.45) is 5.92. The summed E-state index contributed by atoms with van der Waals surface area (Å²) in [6, 6.07) is 3.56. The maximum atomic E-state index is 12.2. The van der Waals surface area contributed by atoms with Crippen molar-refractivity contribution in [1.82, 2.24) is 10.6 Å². The van der Waals surface area contributed by atoms with Gasteiger partial charge in [-0.15, -0.1) is 11.3 Å². The van der Waals surface area contributed by atoms with E-state index in [9.17, 15) is 9.59 Å². The summed E-state index contributed by atoms with van der Waals surface area (Å²) < 4.78 is 5.13. The first-order chi connectivity index (χ1) is 10.7. The minimum Gasteiger partial charge on any atom is -0.467 e. The monoisotopic (exact) mass is 318 g/mol. The highest BCUT2D eigenvalue weighted by atomic mass is 32.1. The molecule has 2 aromatic rings. The molecule has 0 fully saturated rings. The van der Waals surface area contributed by atoms with Crippen LogP contribution in [0.25, 0.3) is 0 Å². The second-order valence-corrected chi connectivity index (χ2v) is 6.26. The fourth-order valence-electron chi connectivity index (χ4n) is 2.60. The van der Waals surface area contributed by atoms with Crippen LogP contribution < -0.4 is 10.6 Å². The summed E-state index contributed by atoms with van der Waals surface area (Å²) in [5.41, 5.74) is 1.91. The molecule has 3 rings (SSSR count). The van der Waals surface area contributed by atoms with Gasteiger partial charge < -0.3 is 15.1 Å². The number of furan rings is 1. The maximum absolute atomic E-state index is 12.2. The number of carbonyl (C=O) groups is 2. The highest BCUT2D eigenvalue weighted by molar-refractivity contribution is 7.10. The molecule has 0 saturated heterocycles. The van der Waals surface area contributed by atoms with Crippen LogP contribution >= 0.6 is 11.3 Å². The molecule has 116 valence electrons. The van der Waals surface area contributed by atoms with Crippen molar-refractivity contribution in [3.8, 4) is 0 Å². The molecule has 0 unspecified atom stereocenters. The van der Waals surface area contributed by atoms with Gasteiger partial charge >= 0.3 is 0 Å². The fourth-order valence-corrected chi connectivity index (χ4v) is 3.73. The van der Waals surface area contributed by atoms with E-state index >= 15 is 0 Å². The lowest BCUT2D eigenvalue weighted by Crippen LogP contribution is -2.36. The standard InChI is InChI=1S/C16H18N2O3S/c19-15(17-8-11-4-3-7-21-11)9-18-16(20)13-10-22-14-6-2-1-5-12(13)14/h3-4,7,10H,1-2,5-6,8-9H2,(H,17,19)(H,18,20). The quantitative estimate of drug-likeness (QED) is 0.888. The molecule has 0 bridgehead atoms. The third-order valence-corrected chi connectivity index (χ3v) is 4.84. The zero-order valence-corrected chi connectivity index (χ0v) is 13.0. The lowest BCUT2D eigenvalue weighted by atomic mass is 9.96. The Balaban J connectivity index is 1.49.